The highest BCUT2D eigenvalue weighted by Crippen LogP contribution is 2.14. The SMILES string of the molecule is CC(C(=O)Nc1nc2ccccc2[nH]1)n1nnc2ccccc2c1=O. The standard InChI is InChI=1S/C17H14N6O2/c1-10(23-16(25)11-6-2-3-7-12(11)21-22-23)15(24)20-17-18-13-8-4-5-9-14(13)19-17/h2-10H,1H3,(H2,18,19,20,24). The van der Waals surface area contributed by atoms with Crippen molar-refractivity contribution in [3.05, 3.63) is 58.9 Å². The summed E-state index contributed by atoms with van der Waals surface area (Å²) in [5, 5.41) is 11.0. The number of hydrogen-bond donors (Lipinski definition) is 2. The lowest BCUT2D eigenvalue weighted by molar-refractivity contribution is -0.119. The zero-order valence-electron chi connectivity index (χ0n) is 13.3. The van der Waals surface area contributed by atoms with Crippen molar-refractivity contribution in [1.29, 1.82) is 0 Å². The maximum atomic E-state index is 12.5. The number of aromatic amines is 1. The predicted octanol–water partition coefficient (Wildman–Crippen LogP) is 1.87. The van der Waals surface area contributed by atoms with E-state index >= 15 is 0 Å². The summed E-state index contributed by atoms with van der Waals surface area (Å²) >= 11 is 0. The number of nitrogens with zero attached hydrogens (tertiary/aromatic N) is 4. The molecule has 124 valence electrons. The number of amides is 1. The summed E-state index contributed by atoms with van der Waals surface area (Å²) in [5.41, 5.74) is 1.69. The second-order valence-corrected chi connectivity index (χ2v) is 5.62. The molecule has 25 heavy (non-hydrogen) atoms. The molecular formula is C17H14N6O2. The molecular weight excluding hydrogens is 320 g/mol. The molecule has 0 aliphatic rings. The summed E-state index contributed by atoms with van der Waals surface area (Å²) < 4.78 is 1.07. The number of anilines is 1. The number of nitrogens with one attached hydrogen (secondary N) is 2. The first kappa shape index (κ1) is 15.0. The van der Waals surface area contributed by atoms with Gasteiger partial charge in [0.15, 0.2) is 0 Å². The van der Waals surface area contributed by atoms with E-state index in [2.05, 4.69) is 25.6 Å². The van der Waals surface area contributed by atoms with Gasteiger partial charge >= 0.3 is 0 Å². The van der Waals surface area contributed by atoms with Crippen LogP contribution >= 0.6 is 0 Å². The second kappa shape index (κ2) is 5.82. The van der Waals surface area contributed by atoms with Crippen molar-refractivity contribution < 1.29 is 4.79 Å². The highest BCUT2D eigenvalue weighted by molar-refractivity contribution is 5.93. The quantitative estimate of drug-likeness (QED) is 0.595. The Morgan fingerprint density at radius 3 is 2.64 bits per heavy atom. The van der Waals surface area contributed by atoms with Crippen molar-refractivity contribution in [2.75, 3.05) is 5.32 Å². The van der Waals surface area contributed by atoms with Gasteiger partial charge in [-0.05, 0) is 31.2 Å². The minimum Gasteiger partial charge on any atom is -0.324 e. The molecule has 1 amide bonds. The molecule has 0 radical (unpaired) electrons. The number of hydrogen-bond acceptors (Lipinski definition) is 5. The Hall–Kier alpha value is -3.55. The number of fused-ring (bicyclic) bond motifs is 2. The Morgan fingerprint density at radius 2 is 1.84 bits per heavy atom. The smallest absolute Gasteiger partial charge is 0.278 e. The highest BCUT2D eigenvalue weighted by atomic mass is 16.2. The molecule has 2 heterocycles. The van der Waals surface area contributed by atoms with Crippen molar-refractivity contribution in [3.63, 3.8) is 0 Å². The largest absolute Gasteiger partial charge is 0.324 e. The molecule has 4 rings (SSSR count). The van der Waals surface area contributed by atoms with Crippen LogP contribution in [0.2, 0.25) is 0 Å². The number of aromatic nitrogens is 5. The number of para-hydroxylation sites is 2. The van der Waals surface area contributed by atoms with Gasteiger partial charge in [0.2, 0.25) is 5.95 Å². The highest BCUT2D eigenvalue weighted by Gasteiger charge is 2.20. The second-order valence-electron chi connectivity index (χ2n) is 5.62. The van der Waals surface area contributed by atoms with E-state index in [9.17, 15) is 9.59 Å². The fourth-order valence-electron chi connectivity index (χ4n) is 2.60. The predicted molar refractivity (Wildman–Crippen MR) is 93.2 cm³/mol. The number of rotatable bonds is 3. The summed E-state index contributed by atoms with van der Waals surface area (Å²) in [6, 6.07) is 13.5. The van der Waals surface area contributed by atoms with Crippen LogP contribution in [-0.2, 0) is 4.79 Å². The lowest BCUT2D eigenvalue weighted by Crippen LogP contribution is -2.34. The fourth-order valence-corrected chi connectivity index (χ4v) is 2.60. The Bertz CT molecular complexity index is 1110. The first-order valence-corrected chi connectivity index (χ1v) is 7.73. The van der Waals surface area contributed by atoms with E-state index in [4.69, 9.17) is 0 Å². The van der Waals surface area contributed by atoms with E-state index in [0.717, 1.165) is 15.7 Å². The molecule has 0 bridgehead atoms. The van der Waals surface area contributed by atoms with Gasteiger partial charge in [0.1, 0.15) is 11.6 Å². The van der Waals surface area contributed by atoms with Crippen molar-refractivity contribution in [1.82, 2.24) is 25.0 Å². The van der Waals surface area contributed by atoms with E-state index in [1.165, 1.54) is 0 Å². The van der Waals surface area contributed by atoms with Gasteiger partial charge in [0.05, 0.1) is 16.4 Å². The summed E-state index contributed by atoms with van der Waals surface area (Å²) in [7, 11) is 0. The Balaban J connectivity index is 1.64. The maximum absolute atomic E-state index is 12.5. The van der Waals surface area contributed by atoms with Gasteiger partial charge in [-0.15, -0.1) is 5.10 Å². The molecule has 8 heteroatoms. The van der Waals surface area contributed by atoms with Crippen LogP contribution in [0.4, 0.5) is 5.95 Å². The van der Waals surface area contributed by atoms with Gasteiger partial charge < -0.3 is 4.98 Å². The third kappa shape index (κ3) is 2.63. The molecule has 2 aromatic heterocycles. The summed E-state index contributed by atoms with van der Waals surface area (Å²) in [6.45, 7) is 1.59. The van der Waals surface area contributed by atoms with Crippen LogP contribution in [0.15, 0.2) is 53.3 Å². The third-order valence-corrected chi connectivity index (χ3v) is 3.97. The lowest BCUT2D eigenvalue weighted by Gasteiger charge is -2.12. The van der Waals surface area contributed by atoms with E-state index < -0.39 is 11.9 Å². The van der Waals surface area contributed by atoms with E-state index in [1.54, 1.807) is 31.2 Å². The minimum absolute atomic E-state index is 0.319. The van der Waals surface area contributed by atoms with Crippen LogP contribution in [-0.4, -0.2) is 30.9 Å². The van der Waals surface area contributed by atoms with Gasteiger partial charge in [0.25, 0.3) is 11.5 Å². The van der Waals surface area contributed by atoms with Gasteiger partial charge in [-0.1, -0.05) is 29.5 Å². The van der Waals surface area contributed by atoms with Crippen LogP contribution in [0, 0.1) is 0 Å². The summed E-state index contributed by atoms with van der Waals surface area (Å²) in [5.74, 6) is -0.0921. The van der Waals surface area contributed by atoms with E-state index in [0.29, 0.717) is 16.9 Å². The average Bonchev–Trinajstić information content (AvgIpc) is 3.04. The zero-order chi connectivity index (χ0) is 17.4. The normalized spacial score (nSPS) is 12.4. The minimum atomic E-state index is -0.835. The zero-order valence-corrected chi connectivity index (χ0v) is 13.3. The number of carbonyl (C=O) groups excluding carboxylic acids is 1. The topological polar surface area (TPSA) is 106 Å². The van der Waals surface area contributed by atoms with Gasteiger partial charge in [-0.2, -0.15) is 4.68 Å². The molecule has 2 N–H and O–H groups in total. The van der Waals surface area contributed by atoms with Crippen LogP contribution < -0.4 is 10.9 Å². The van der Waals surface area contributed by atoms with Crippen LogP contribution in [0.5, 0.6) is 0 Å². The van der Waals surface area contributed by atoms with Gasteiger partial charge in [-0.25, -0.2) is 4.98 Å². The summed E-state index contributed by atoms with van der Waals surface area (Å²) in [6.07, 6.45) is 0. The lowest BCUT2D eigenvalue weighted by atomic mass is 10.2. The van der Waals surface area contributed by atoms with Crippen LogP contribution in [0.1, 0.15) is 13.0 Å². The van der Waals surface area contributed by atoms with E-state index in [-0.39, 0.29) is 5.56 Å². The number of H-pyrrole nitrogens is 1. The van der Waals surface area contributed by atoms with Crippen LogP contribution in [0.3, 0.4) is 0 Å². The molecule has 0 fully saturated rings. The first-order chi connectivity index (χ1) is 12.1. The van der Waals surface area contributed by atoms with Crippen molar-refractivity contribution in [2.45, 2.75) is 13.0 Å². The molecule has 0 saturated carbocycles. The van der Waals surface area contributed by atoms with Gasteiger partial charge in [0, 0.05) is 0 Å². The van der Waals surface area contributed by atoms with Crippen LogP contribution in [0.25, 0.3) is 21.9 Å². The Kier molecular flexibility index (Phi) is 3.50. The summed E-state index contributed by atoms with van der Waals surface area (Å²) in [4.78, 5) is 32.3. The monoisotopic (exact) mass is 334 g/mol. The van der Waals surface area contributed by atoms with Crippen molar-refractivity contribution in [2.24, 2.45) is 0 Å². The third-order valence-electron chi connectivity index (χ3n) is 3.97. The number of carbonyl (C=O) groups is 1. The first-order valence-electron chi connectivity index (χ1n) is 7.73. The molecule has 0 spiro atoms. The van der Waals surface area contributed by atoms with Crippen molar-refractivity contribution in [3.8, 4) is 0 Å². The molecule has 0 aliphatic heterocycles. The molecule has 8 nitrogen and oxygen atoms in total. The Morgan fingerprint density at radius 1 is 1.12 bits per heavy atom. The molecule has 0 aliphatic carbocycles. The van der Waals surface area contributed by atoms with E-state index in [1.807, 2.05) is 24.3 Å². The molecule has 4 aromatic rings. The number of benzene rings is 2. The molecule has 1 unspecified atom stereocenters. The molecule has 0 saturated heterocycles. The van der Waals surface area contributed by atoms with Gasteiger partial charge in [-0.3, -0.25) is 14.9 Å². The molecule has 1 atom stereocenters. The average molecular weight is 334 g/mol. The maximum Gasteiger partial charge on any atom is 0.278 e. The fraction of sp³-hybridized carbons (Fsp3) is 0.118. The van der Waals surface area contributed by atoms with Crippen molar-refractivity contribution >= 4 is 33.8 Å². The Labute approximate surface area is 141 Å². The molecule has 2 aromatic carbocycles. The number of imidazole rings is 1.